The van der Waals surface area contributed by atoms with Gasteiger partial charge in [-0.3, -0.25) is 9.48 Å². The first kappa shape index (κ1) is 15.2. The zero-order valence-corrected chi connectivity index (χ0v) is 11.2. The number of nitrogens with one attached hydrogen (secondary N) is 1. The zero-order chi connectivity index (χ0) is 14.3. The average Bonchev–Trinajstić information content (AvgIpc) is 2.71. The minimum absolute atomic E-state index is 0.195. The van der Waals surface area contributed by atoms with Crippen LogP contribution in [0.15, 0.2) is 6.20 Å². The smallest absolute Gasteiger partial charge is 0.339 e. The molecule has 2 N–H and O–H groups in total. The van der Waals surface area contributed by atoms with Crippen LogP contribution in [0.5, 0.6) is 0 Å². The van der Waals surface area contributed by atoms with Crippen LogP contribution in [0, 0.1) is 0 Å². The van der Waals surface area contributed by atoms with Gasteiger partial charge in [0.1, 0.15) is 5.56 Å². The van der Waals surface area contributed by atoms with Crippen LogP contribution < -0.4 is 5.32 Å². The molecule has 19 heavy (non-hydrogen) atoms. The largest absolute Gasteiger partial charge is 0.478 e. The summed E-state index contributed by atoms with van der Waals surface area (Å²) in [7, 11) is 1.70. The maximum Gasteiger partial charge on any atom is 0.339 e. The van der Waals surface area contributed by atoms with Crippen molar-refractivity contribution >= 4 is 11.9 Å². The summed E-state index contributed by atoms with van der Waals surface area (Å²) in [5.74, 6) is -1.20. The van der Waals surface area contributed by atoms with Gasteiger partial charge in [-0.2, -0.15) is 5.10 Å². The van der Waals surface area contributed by atoms with Crippen molar-refractivity contribution in [1.29, 1.82) is 0 Å². The van der Waals surface area contributed by atoms with E-state index in [-0.39, 0.29) is 11.5 Å². The number of carboxylic acids is 1. The normalized spacial score (nSPS) is 10.4. The minimum Gasteiger partial charge on any atom is -0.478 e. The van der Waals surface area contributed by atoms with Gasteiger partial charge in [-0.15, -0.1) is 0 Å². The molecule has 1 aromatic rings. The number of nitrogens with zero attached hydrogens (tertiary/aromatic N) is 2. The Morgan fingerprint density at radius 3 is 2.89 bits per heavy atom. The van der Waals surface area contributed by atoms with E-state index in [1.165, 1.54) is 10.9 Å². The first-order chi connectivity index (χ1) is 9.06. The highest BCUT2D eigenvalue weighted by atomic mass is 16.5. The van der Waals surface area contributed by atoms with Gasteiger partial charge in [0.05, 0.1) is 18.5 Å². The lowest BCUT2D eigenvalue weighted by Gasteiger charge is -2.06. The molecule has 0 saturated heterocycles. The molecule has 7 heteroatoms. The van der Waals surface area contributed by atoms with Gasteiger partial charge in [0.25, 0.3) is 0 Å². The molecule has 106 valence electrons. The molecule has 0 fully saturated rings. The molecule has 0 aliphatic heterocycles. The van der Waals surface area contributed by atoms with E-state index in [4.69, 9.17) is 9.84 Å². The van der Waals surface area contributed by atoms with Gasteiger partial charge >= 0.3 is 11.9 Å². The van der Waals surface area contributed by atoms with Gasteiger partial charge < -0.3 is 15.2 Å². The summed E-state index contributed by atoms with van der Waals surface area (Å²) in [5.41, 5.74) is 0.809. The van der Waals surface area contributed by atoms with Crippen LogP contribution in [0.25, 0.3) is 0 Å². The number of aromatic nitrogens is 2. The van der Waals surface area contributed by atoms with E-state index < -0.39 is 5.97 Å². The molecule has 0 atom stereocenters. The fourth-order valence-electron chi connectivity index (χ4n) is 1.65. The van der Waals surface area contributed by atoms with Gasteiger partial charge in [0, 0.05) is 20.0 Å². The lowest BCUT2D eigenvalue weighted by atomic mass is 10.2. The quantitative estimate of drug-likeness (QED) is 0.529. The molecule has 0 bridgehead atoms. The van der Waals surface area contributed by atoms with E-state index in [1.807, 2.05) is 0 Å². The summed E-state index contributed by atoms with van der Waals surface area (Å²) in [6.45, 7) is 3.18. The minimum atomic E-state index is -0.989. The van der Waals surface area contributed by atoms with E-state index in [0.29, 0.717) is 38.2 Å². The summed E-state index contributed by atoms with van der Waals surface area (Å²) < 4.78 is 6.34. The number of ether oxygens (including phenoxy) is 1. The molecule has 0 aromatic carbocycles. The summed E-state index contributed by atoms with van der Waals surface area (Å²) >= 11 is 0. The fourth-order valence-corrected chi connectivity index (χ4v) is 1.65. The molecule has 1 aromatic heterocycles. The fraction of sp³-hybridized carbons (Fsp3) is 0.583. The van der Waals surface area contributed by atoms with Crippen molar-refractivity contribution in [3.05, 3.63) is 17.5 Å². The molecule has 0 spiro atoms. The second-order valence-corrected chi connectivity index (χ2v) is 4.02. The lowest BCUT2D eigenvalue weighted by Crippen LogP contribution is -2.20. The van der Waals surface area contributed by atoms with Crippen molar-refractivity contribution in [3.63, 3.8) is 0 Å². The van der Waals surface area contributed by atoms with Crippen LogP contribution >= 0.6 is 0 Å². The number of aryl methyl sites for hydroxylation is 1. The van der Waals surface area contributed by atoms with E-state index in [2.05, 4.69) is 10.4 Å². The van der Waals surface area contributed by atoms with Gasteiger partial charge in [-0.25, -0.2) is 4.79 Å². The third kappa shape index (κ3) is 4.70. The predicted octanol–water partition coefficient (Wildman–Crippen LogP) is 0.551. The van der Waals surface area contributed by atoms with Crippen molar-refractivity contribution < 1.29 is 19.4 Å². The Kier molecular flexibility index (Phi) is 6.01. The summed E-state index contributed by atoms with van der Waals surface area (Å²) in [6, 6.07) is 0. The van der Waals surface area contributed by atoms with Gasteiger partial charge in [0.2, 0.25) is 0 Å². The van der Waals surface area contributed by atoms with E-state index >= 15 is 0 Å². The SMILES string of the molecule is CCOC(=O)CCCNCc1c(C(=O)O)cnn1C. The highest BCUT2D eigenvalue weighted by molar-refractivity contribution is 5.88. The predicted molar refractivity (Wildman–Crippen MR) is 67.7 cm³/mol. The Balaban J connectivity index is 2.32. The molecule has 0 aliphatic rings. The van der Waals surface area contributed by atoms with Crippen LogP contribution in [0.3, 0.4) is 0 Å². The topological polar surface area (TPSA) is 93.4 Å². The van der Waals surface area contributed by atoms with Gasteiger partial charge in [0.15, 0.2) is 0 Å². The zero-order valence-electron chi connectivity index (χ0n) is 11.2. The summed E-state index contributed by atoms with van der Waals surface area (Å²) in [5, 5.41) is 16.0. The number of carboxylic acid groups (broad SMARTS) is 1. The van der Waals surface area contributed by atoms with Gasteiger partial charge in [-0.05, 0) is 19.9 Å². The molecular weight excluding hydrogens is 250 g/mol. The number of esters is 1. The molecule has 0 radical (unpaired) electrons. The molecule has 0 saturated carbocycles. The second kappa shape index (κ2) is 7.52. The third-order valence-electron chi connectivity index (χ3n) is 2.62. The number of carbonyl (C=O) groups is 2. The Morgan fingerprint density at radius 2 is 2.26 bits per heavy atom. The Hall–Kier alpha value is -1.89. The molecule has 1 rings (SSSR count). The second-order valence-electron chi connectivity index (χ2n) is 4.02. The molecule has 0 amide bonds. The van der Waals surface area contributed by atoms with E-state index in [0.717, 1.165) is 0 Å². The average molecular weight is 269 g/mol. The number of rotatable bonds is 8. The maximum atomic E-state index is 11.1. The number of hydrogen-bond donors (Lipinski definition) is 2. The maximum absolute atomic E-state index is 11.1. The number of aromatic carboxylic acids is 1. The standard InChI is InChI=1S/C12H19N3O4/c1-3-19-11(16)5-4-6-13-8-10-9(12(17)18)7-14-15(10)2/h7,13H,3-6,8H2,1-2H3,(H,17,18). The molecule has 1 heterocycles. The van der Waals surface area contributed by atoms with Crippen LogP contribution in [0.4, 0.5) is 0 Å². The molecule has 7 nitrogen and oxygen atoms in total. The highest BCUT2D eigenvalue weighted by Crippen LogP contribution is 2.07. The van der Waals surface area contributed by atoms with Crippen molar-refractivity contribution in [2.75, 3.05) is 13.2 Å². The Morgan fingerprint density at radius 1 is 1.53 bits per heavy atom. The van der Waals surface area contributed by atoms with Crippen molar-refractivity contribution in [1.82, 2.24) is 15.1 Å². The Labute approximate surface area is 111 Å². The number of carbonyl (C=O) groups excluding carboxylic acids is 1. The van der Waals surface area contributed by atoms with Crippen LogP contribution in [-0.2, 0) is 23.1 Å². The lowest BCUT2D eigenvalue weighted by molar-refractivity contribution is -0.143. The van der Waals surface area contributed by atoms with Crippen LogP contribution in [0.2, 0.25) is 0 Å². The number of hydrogen-bond acceptors (Lipinski definition) is 5. The summed E-state index contributed by atoms with van der Waals surface area (Å²) in [6.07, 6.45) is 2.34. The van der Waals surface area contributed by atoms with E-state index in [1.54, 1.807) is 14.0 Å². The third-order valence-corrected chi connectivity index (χ3v) is 2.62. The van der Waals surface area contributed by atoms with Gasteiger partial charge in [-0.1, -0.05) is 0 Å². The van der Waals surface area contributed by atoms with Crippen LogP contribution in [-0.4, -0.2) is 40.0 Å². The van der Waals surface area contributed by atoms with Crippen molar-refractivity contribution in [2.24, 2.45) is 7.05 Å². The first-order valence-electron chi connectivity index (χ1n) is 6.16. The molecular formula is C12H19N3O4. The molecule has 0 aliphatic carbocycles. The van der Waals surface area contributed by atoms with Crippen molar-refractivity contribution in [2.45, 2.75) is 26.3 Å². The Bertz CT molecular complexity index is 442. The van der Waals surface area contributed by atoms with Crippen molar-refractivity contribution in [3.8, 4) is 0 Å². The van der Waals surface area contributed by atoms with Crippen LogP contribution in [0.1, 0.15) is 35.8 Å². The summed E-state index contributed by atoms with van der Waals surface area (Å²) in [4.78, 5) is 22.0. The van der Waals surface area contributed by atoms with E-state index in [9.17, 15) is 9.59 Å². The molecule has 0 unspecified atom stereocenters. The monoisotopic (exact) mass is 269 g/mol. The highest BCUT2D eigenvalue weighted by Gasteiger charge is 2.14. The first-order valence-corrected chi connectivity index (χ1v) is 6.16.